The SMILES string of the molecule is C=C(C)O/C=C(/C)N. The zero-order valence-corrected chi connectivity index (χ0v) is 5.27. The van der Waals surface area contributed by atoms with Gasteiger partial charge in [0.05, 0.1) is 5.76 Å². The second-order valence-electron chi connectivity index (χ2n) is 1.68. The van der Waals surface area contributed by atoms with Gasteiger partial charge in [-0.3, -0.25) is 0 Å². The van der Waals surface area contributed by atoms with E-state index in [1.807, 2.05) is 0 Å². The molecule has 2 heteroatoms. The van der Waals surface area contributed by atoms with Crippen molar-refractivity contribution >= 4 is 0 Å². The molecule has 8 heavy (non-hydrogen) atoms. The Hall–Kier alpha value is -0.920. The Morgan fingerprint density at radius 3 is 2.25 bits per heavy atom. The maximum atomic E-state index is 5.24. The van der Waals surface area contributed by atoms with Gasteiger partial charge in [0.2, 0.25) is 0 Å². The van der Waals surface area contributed by atoms with Gasteiger partial charge in [-0.25, -0.2) is 0 Å². The molecule has 2 N–H and O–H groups in total. The van der Waals surface area contributed by atoms with E-state index in [1.54, 1.807) is 13.8 Å². The highest BCUT2D eigenvalue weighted by Crippen LogP contribution is 1.91. The van der Waals surface area contributed by atoms with E-state index in [-0.39, 0.29) is 0 Å². The Morgan fingerprint density at radius 2 is 2.12 bits per heavy atom. The van der Waals surface area contributed by atoms with Crippen molar-refractivity contribution in [2.45, 2.75) is 13.8 Å². The van der Waals surface area contributed by atoms with E-state index in [0.717, 1.165) is 0 Å². The number of hydrogen-bond acceptors (Lipinski definition) is 2. The predicted octanol–water partition coefficient (Wildman–Crippen LogP) is 1.36. The van der Waals surface area contributed by atoms with Crippen LogP contribution in [0.15, 0.2) is 24.3 Å². The van der Waals surface area contributed by atoms with Crippen molar-refractivity contribution in [3.63, 3.8) is 0 Å². The summed E-state index contributed by atoms with van der Waals surface area (Å²) >= 11 is 0. The Bertz CT molecular complexity index is 112. The first-order chi connectivity index (χ1) is 3.63. The highest BCUT2D eigenvalue weighted by molar-refractivity contribution is 4.88. The minimum Gasteiger partial charge on any atom is -0.469 e. The number of rotatable bonds is 2. The molecule has 0 heterocycles. The minimum atomic E-state index is 0.646. The van der Waals surface area contributed by atoms with Gasteiger partial charge in [-0.2, -0.15) is 0 Å². The van der Waals surface area contributed by atoms with E-state index in [0.29, 0.717) is 11.5 Å². The monoisotopic (exact) mass is 113 g/mol. The lowest BCUT2D eigenvalue weighted by molar-refractivity contribution is 0.351. The highest BCUT2D eigenvalue weighted by atomic mass is 16.5. The first kappa shape index (κ1) is 7.08. The van der Waals surface area contributed by atoms with Gasteiger partial charge in [0.15, 0.2) is 0 Å². The molecular weight excluding hydrogens is 102 g/mol. The lowest BCUT2D eigenvalue weighted by Crippen LogP contribution is -1.90. The molecule has 0 atom stereocenters. The minimum absolute atomic E-state index is 0.646. The summed E-state index contributed by atoms with van der Waals surface area (Å²) in [5.74, 6) is 0.648. The molecule has 46 valence electrons. The lowest BCUT2D eigenvalue weighted by Gasteiger charge is -1.95. The van der Waals surface area contributed by atoms with Crippen molar-refractivity contribution in [3.05, 3.63) is 24.3 Å². The normalized spacial score (nSPS) is 11.0. The van der Waals surface area contributed by atoms with Crippen molar-refractivity contribution in [1.82, 2.24) is 0 Å². The first-order valence-electron chi connectivity index (χ1n) is 2.37. The van der Waals surface area contributed by atoms with Gasteiger partial charge in [-0.05, 0) is 13.8 Å². The van der Waals surface area contributed by atoms with Crippen LogP contribution in [0, 0.1) is 0 Å². The molecule has 0 aliphatic carbocycles. The molecule has 2 nitrogen and oxygen atoms in total. The van der Waals surface area contributed by atoms with Crippen LogP contribution in [0.3, 0.4) is 0 Å². The molecule has 0 bridgehead atoms. The molecule has 0 unspecified atom stereocenters. The zero-order valence-electron chi connectivity index (χ0n) is 5.27. The molecule has 0 aromatic heterocycles. The van der Waals surface area contributed by atoms with E-state index in [4.69, 9.17) is 10.5 Å². The summed E-state index contributed by atoms with van der Waals surface area (Å²) in [6.45, 7) is 7.02. The second-order valence-corrected chi connectivity index (χ2v) is 1.68. The van der Waals surface area contributed by atoms with Gasteiger partial charge in [0.25, 0.3) is 0 Å². The molecule has 0 amide bonds. The largest absolute Gasteiger partial charge is 0.469 e. The first-order valence-corrected chi connectivity index (χ1v) is 2.37. The van der Waals surface area contributed by atoms with E-state index in [9.17, 15) is 0 Å². The second kappa shape index (κ2) is 3.13. The van der Waals surface area contributed by atoms with Crippen molar-refractivity contribution in [2.75, 3.05) is 0 Å². The molecule has 0 aromatic rings. The van der Waals surface area contributed by atoms with Gasteiger partial charge < -0.3 is 10.5 Å². The van der Waals surface area contributed by atoms with Crippen LogP contribution in [-0.2, 0) is 4.74 Å². The summed E-state index contributed by atoms with van der Waals surface area (Å²) in [4.78, 5) is 0. The third-order valence-corrected chi connectivity index (χ3v) is 0.446. The van der Waals surface area contributed by atoms with Crippen molar-refractivity contribution in [1.29, 1.82) is 0 Å². The molecule has 0 fully saturated rings. The fourth-order valence-electron chi connectivity index (χ4n) is 0.194. The Morgan fingerprint density at radius 1 is 1.62 bits per heavy atom. The summed E-state index contributed by atoms with van der Waals surface area (Å²) in [5, 5.41) is 0. The molecule has 0 spiro atoms. The van der Waals surface area contributed by atoms with Crippen molar-refractivity contribution < 1.29 is 4.74 Å². The average Bonchev–Trinajstić information content (AvgIpc) is 1.61. The summed E-state index contributed by atoms with van der Waals surface area (Å²) in [7, 11) is 0. The molecule has 0 radical (unpaired) electrons. The maximum Gasteiger partial charge on any atom is 0.109 e. The number of ether oxygens (including phenoxy) is 1. The van der Waals surface area contributed by atoms with Gasteiger partial charge >= 0.3 is 0 Å². The lowest BCUT2D eigenvalue weighted by atomic mass is 10.6. The predicted molar refractivity (Wildman–Crippen MR) is 33.8 cm³/mol. The number of nitrogens with two attached hydrogens (primary N) is 1. The van der Waals surface area contributed by atoms with Crippen molar-refractivity contribution in [2.24, 2.45) is 5.73 Å². The van der Waals surface area contributed by atoms with Crippen LogP contribution in [-0.4, -0.2) is 0 Å². The van der Waals surface area contributed by atoms with Gasteiger partial charge in [0, 0.05) is 5.70 Å². The van der Waals surface area contributed by atoms with Crippen LogP contribution < -0.4 is 5.73 Å². The van der Waals surface area contributed by atoms with Gasteiger partial charge in [0.1, 0.15) is 6.26 Å². The average molecular weight is 113 g/mol. The van der Waals surface area contributed by atoms with Crippen LogP contribution in [0.25, 0.3) is 0 Å². The van der Waals surface area contributed by atoms with Crippen LogP contribution in [0.1, 0.15) is 13.8 Å². The fourth-order valence-corrected chi connectivity index (χ4v) is 0.194. The third kappa shape index (κ3) is 5.08. The molecule has 0 aliphatic heterocycles. The van der Waals surface area contributed by atoms with E-state index >= 15 is 0 Å². The van der Waals surface area contributed by atoms with Crippen molar-refractivity contribution in [3.8, 4) is 0 Å². The Labute approximate surface area is 49.6 Å². The molecular formula is C6H11NO. The topological polar surface area (TPSA) is 35.2 Å². The van der Waals surface area contributed by atoms with Crippen LogP contribution in [0.4, 0.5) is 0 Å². The highest BCUT2D eigenvalue weighted by Gasteiger charge is 1.77. The molecule has 0 aliphatic rings. The molecule has 0 aromatic carbocycles. The summed E-state index contributed by atoms with van der Waals surface area (Å²) in [6, 6.07) is 0. The van der Waals surface area contributed by atoms with Gasteiger partial charge in [-0.1, -0.05) is 6.58 Å². The molecule has 0 saturated heterocycles. The van der Waals surface area contributed by atoms with Gasteiger partial charge in [-0.15, -0.1) is 0 Å². The van der Waals surface area contributed by atoms with E-state index in [1.165, 1.54) is 6.26 Å². The zero-order chi connectivity index (χ0) is 6.57. The Kier molecular flexibility index (Phi) is 2.77. The van der Waals surface area contributed by atoms with Crippen LogP contribution in [0.5, 0.6) is 0 Å². The summed E-state index contributed by atoms with van der Waals surface area (Å²) in [6.07, 6.45) is 1.46. The van der Waals surface area contributed by atoms with E-state index in [2.05, 4.69) is 6.58 Å². The molecule has 0 rings (SSSR count). The maximum absolute atomic E-state index is 5.24. The number of hydrogen-bond donors (Lipinski definition) is 1. The van der Waals surface area contributed by atoms with Crippen LogP contribution >= 0.6 is 0 Å². The fraction of sp³-hybridized carbons (Fsp3) is 0.333. The van der Waals surface area contributed by atoms with E-state index < -0.39 is 0 Å². The standard InChI is InChI=1S/C6H11NO/c1-5(2)8-4-6(3)7/h4H,1,7H2,2-3H3/b6-4-. The molecule has 0 saturated carbocycles. The number of allylic oxidation sites excluding steroid dienone is 2. The summed E-state index contributed by atoms with van der Waals surface area (Å²) in [5.41, 5.74) is 5.88. The third-order valence-electron chi connectivity index (χ3n) is 0.446. The smallest absolute Gasteiger partial charge is 0.109 e. The quantitative estimate of drug-likeness (QED) is 0.549. The summed E-state index contributed by atoms with van der Waals surface area (Å²) < 4.78 is 4.82. The van der Waals surface area contributed by atoms with Crippen LogP contribution in [0.2, 0.25) is 0 Å². The Balaban J connectivity index is 3.45.